The average Bonchev–Trinajstić information content (AvgIpc) is 2.50. The van der Waals surface area contributed by atoms with Gasteiger partial charge >= 0.3 is 0 Å². The second-order valence-electron chi connectivity index (χ2n) is 5.21. The summed E-state index contributed by atoms with van der Waals surface area (Å²) in [5, 5.41) is 3.40. The van der Waals surface area contributed by atoms with Crippen molar-refractivity contribution in [3.05, 3.63) is 53.3 Å². The van der Waals surface area contributed by atoms with Crippen LogP contribution in [0.2, 0.25) is 0 Å². The van der Waals surface area contributed by atoms with Crippen molar-refractivity contribution in [1.82, 2.24) is 10.3 Å². The van der Waals surface area contributed by atoms with Crippen molar-refractivity contribution in [1.29, 1.82) is 0 Å². The summed E-state index contributed by atoms with van der Waals surface area (Å²) in [7, 11) is 0. The maximum absolute atomic E-state index is 6.04. The molecule has 0 atom stereocenters. The number of ether oxygens (including phenoxy) is 1. The van der Waals surface area contributed by atoms with E-state index in [0.29, 0.717) is 0 Å². The van der Waals surface area contributed by atoms with Crippen LogP contribution in [0.4, 0.5) is 0 Å². The van der Waals surface area contributed by atoms with E-state index in [1.54, 1.807) is 0 Å². The molecule has 0 aliphatic heterocycles. The molecule has 2 aromatic rings. The number of hydrogen-bond donors (Lipinski definition) is 1. The molecule has 112 valence electrons. The van der Waals surface area contributed by atoms with Gasteiger partial charge in [0.15, 0.2) is 0 Å². The van der Waals surface area contributed by atoms with Gasteiger partial charge in [0.1, 0.15) is 11.5 Å². The lowest BCUT2D eigenvalue weighted by molar-refractivity contribution is 0.471. The first-order valence-corrected chi connectivity index (χ1v) is 7.66. The standard InChI is InChI=1S/C18H24N2O/c1-4-10-19-12-16-13-20-14(3)11-18(16)21-17-8-6-15(5-2)7-9-17/h6-9,11,13,19H,4-5,10,12H2,1-3H3. The van der Waals surface area contributed by atoms with E-state index in [2.05, 4.69) is 36.3 Å². The van der Waals surface area contributed by atoms with Crippen LogP contribution >= 0.6 is 0 Å². The fourth-order valence-electron chi connectivity index (χ4n) is 2.11. The Morgan fingerprint density at radius 3 is 2.57 bits per heavy atom. The predicted molar refractivity (Wildman–Crippen MR) is 86.9 cm³/mol. The van der Waals surface area contributed by atoms with E-state index in [9.17, 15) is 0 Å². The van der Waals surface area contributed by atoms with Gasteiger partial charge < -0.3 is 10.1 Å². The number of benzene rings is 1. The summed E-state index contributed by atoms with van der Waals surface area (Å²) in [4.78, 5) is 4.37. The highest BCUT2D eigenvalue weighted by molar-refractivity contribution is 5.38. The molecule has 1 aromatic heterocycles. The van der Waals surface area contributed by atoms with Gasteiger partial charge in [0.2, 0.25) is 0 Å². The highest BCUT2D eigenvalue weighted by Crippen LogP contribution is 2.26. The van der Waals surface area contributed by atoms with Crippen LogP contribution in [0.3, 0.4) is 0 Å². The SMILES string of the molecule is CCCNCc1cnc(C)cc1Oc1ccc(CC)cc1. The third-order valence-electron chi connectivity index (χ3n) is 3.38. The molecular formula is C18H24N2O. The Morgan fingerprint density at radius 1 is 1.14 bits per heavy atom. The zero-order valence-corrected chi connectivity index (χ0v) is 13.1. The highest BCUT2D eigenvalue weighted by atomic mass is 16.5. The first-order chi connectivity index (χ1) is 10.2. The Bertz CT molecular complexity index is 564. The van der Waals surface area contributed by atoms with Gasteiger partial charge in [-0.05, 0) is 44.0 Å². The van der Waals surface area contributed by atoms with Gasteiger partial charge in [0.25, 0.3) is 0 Å². The first-order valence-electron chi connectivity index (χ1n) is 7.66. The van der Waals surface area contributed by atoms with Crippen LogP contribution in [0.1, 0.15) is 37.1 Å². The van der Waals surface area contributed by atoms with Gasteiger partial charge in [-0.15, -0.1) is 0 Å². The quantitative estimate of drug-likeness (QED) is 0.772. The second-order valence-corrected chi connectivity index (χ2v) is 5.21. The van der Waals surface area contributed by atoms with E-state index in [4.69, 9.17) is 4.74 Å². The summed E-state index contributed by atoms with van der Waals surface area (Å²) in [6, 6.07) is 10.3. The predicted octanol–water partition coefficient (Wildman–Crippen LogP) is 4.24. The number of pyridine rings is 1. The highest BCUT2D eigenvalue weighted by Gasteiger charge is 2.06. The van der Waals surface area contributed by atoms with Crippen molar-refractivity contribution in [3.63, 3.8) is 0 Å². The minimum absolute atomic E-state index is 0.781. The van der Waals surface area contributed by atoms with Crippen LogP contribution in [0.5, 0.6) is 11.5 Å². The molecule has 3 heteroatoms. The molecule has 0 spiro atoms. The van der Waals surface area contributed by atoms with Crippen LogP contribution in [-0.4, -0.2) is 11.5 Å². The van der Waals surface area contributed by atoms with Gasteiger partial charge in [-0.25, -0.2) is 0 Å². The van der Waals surface area contributed by atoms with E-state index in [-0.39, 0.29) is 0 Å². The summed E-state index contributed by atoms with van der Waals surface area (Å²) < 4.78 is 6.04. The molecule has 0 aliphatic carbocycles. The van der Waals surface area contributed by atoms with Gasteiger partial charge in [-0.2, -0.15) is 0 Å². The fourth-order valence-corrected chi connectivity index (χ4v) is 2.11. The Hall–Kier alpha value is -1.87. The molecule has 0 saturated heterocycles. The second kappa shape index (κ2) is 7.79. The number of hydrogen-bond acceptors (Lipinski definition) is 3. The molecule has 0 saturated carbocycles. The van der Waals surface area contributed by atoms with Crippen molar-refractivity contribution in [2.24, 2.45) is 0 Å². The molecule has 1 aromatic carbocycles. The molecule has 0 amide bonds. The van der Waals surface area contributed by atoms with E-state index in [0.717, 1.165) is 48.7 Å². The summed E-state index contributed by atoms with van der Waals surface area (Å²) in [5.74, 6) is 1.75. The van der Waals surface area contributed by atoms with E-state index in [1.807, 2.05) is 31.3 Å². The molecule has 0 aliphatic rings. The molecule has 1 heterocycles. The van der Waals surface area contributed by atoms with Crippen molar-refractivity contribution >= 4 is 0 Å². The molecule has 1 N–H and O–H groups in total. The zero-order chi connectivity index (χ0) is 15.1. The number of rotatable bonds is 7. The molecule has 0 unspecified atom stereocenters. The number of aromatic nitrogens is 1. The van der Waals surface area contributed by atoms with Crippen molar-refractivity contribution in [2.45, 2.75) is 40.2 Å². The monoisotopic (exact) mass is 284 g/mol. The summed E-state index contributed by atoms with van der Waals surface area (Å²) in [6.07, 6.45) is 4.06. The molecular weight excluding hydrogens is 260 g/mol. The minimum Gasteiger partial charge on any atom is -0.457 e. The average molecular weight is 284 g/mol. The van der Waals surface area contributed by atoms with Crippen LogP contribution in [0.25, 0.3) is 0 Å². The third kappa shape index (κ3) is 4.57. The van der Waals surface area contributed by atoms with Crippen molar-refractivity contribution in [3.8, 4) is 11.5 Å². The number of nitrogens with zero attached hydrogens (tertiary/aromatic N) is 1. The lowest BCUT2D eigenvalue weighted by atomic mass is 10.2. The van der Waals surface area contributed by atoms with Crippen LogP contribution < -0.4 is 10.1 Å². The van der Waals surface area contributed by atoms with Gasteiger partial charge in [0.05, 0.1) is 0 Å². The Balaban J connectivity index is 2.14. The van der Waals surface area contributed by atoms with Gasteiger partial charge in [-0.3, -0.25) is 4.98 Å². The molecule has 0 fully saturated rings. The van der Waals surface area contributed by atoms with Crippen molar-refractivity contribution in [2.75, 3.05) is 6.54 Å². The molecule has 2 rings (SSSR count). The van der Waals surface area contributed by atoms with E-state index >= 15 is 0 Å². The van der Waals surface area contributed by atoms with Crippen molar-refractivity contribution < 1.29 is 4.74 Å². The molecule has 21 heavy (non-hydrogen) atoms. The maximum atomic E-state index is 6.04. The van der Waals surface area contributed by atoms with Crippen LogP contribution in [0, 0.1) is 6.92 Å². The largest absolute Gasteiger partial charge is 0.457 e. The molecule has 0 bridgehead atoms. The van der Waals surface area contributed by atoms with E-state index < -0.39 is 0 Å². The lowest BCUT2D eigenvalue weighted by Crippen LogP contribution is -2.14. The summed E-state index contributed by atoms with van der Waals surface area (Å²) >= 11 is 0. The normalized spacial score (nSPS) is 10.6. The van der Waals surface area contributed by atoms with E-state index in [1.165, 1.54) is 5.56 Å². The summed E-state index contributed by atoms with van der Waals surface area (Å²) in [6.45, 7) is 8.07. The Labute approximate surface area is 127 Å². The summed E-state index contributed by atoms with van der Waals surface area (Å²) in [5.41, 5.74) is 3.38. The smallest absolute Gasteiger partial charge is 0.135 e. The first kappa shape index (κ1) is 15.5. The topological polar surface area (TPSA) is 34.2 Å². The van der Waals surface area contributed by atoms with Gasteiger partial charge in [0, 0.05) is 30.1 Å². The lowest BCUT2D eigenvalue weighted by Gasteiger charge is -2.12. The number of nitrogens with one attached hydrogen (secondary N) is 1. The molecule has 3 nitrogen and oxygen atoms in total. The Kier molecular flexibility index (Phi) is 5.76. The maximum Gasteiger partial charge on any atom is 0.135 e. The Morgan fingerprint density at radius 2 is 1.90 bits per heavy atom. The minimum atomic E-state index is 0.781. The number of aryl methyl sites for hydroxylation is 2. The molecule has 0 radical (unpaired) electrons. The van der Waals surface area contributed by atoms with Crippen LogP contribution in [-0.2, 0) is 13.0 Å². The third-order valence-corrected chi connectivity index (χ3v) is 3.38. The fraction of sp³-hybridized carbons (Fsp3) is 0.389. The van der Waals surface area contributed by atoms with Crippen LogP contribution in [0.15, 0.2) is 36.5 Å². The van der Waals surface area contributed by atoms with Gasteiger partial charge in [-0.1, -0.05) is 26.0 Å². The zero-order valence-electron chi connectivity index (χ0n) is 13.1.